The number of nitro groups is 1. The molecule has 0 heterocycles. The van der Waals surface area contributed by atoms with E-state index in [2.05, 4.69) is 34.1 Å². The smallest absolute Gasteiger partial charge is 0.258 e. The van der Waals surface area contributed by atoms with Crippen molar-refractivity contribution < 1.29 is 4.92 Å². The van der Waals surface area contributed by atoms with Crippen LogP contribution in [-0.2, 0) is 18.6 Å². The van der Waals surface area contributed by atoms with Crippen LogP contribution in [0.25, 0.3) is 0 Å². The van der Waals surface area contributed by atoms with Crippen LogP contribution in [0.3, 0.4) is 0 Å². The fraction of sp³-hybridized carbons (Fsp3) is 0.250. The first-order valence-electron chi connectivity index (χ1n) is 6.81. The van der Waals surface area contributed by atoms with E-state index >= 15 is 0 Å². The molecule has 0 saturated carbocycles. The van der Waals surface area contributed by atoms with Crippen LogP contribution in [0.5, 0.6) is 0 Å². The first kappa shape index (κ1) is 14.6. The van der Waals surface area contributed by atoms with Gasteiger partial charge in [0.25, 0.3) is 5.69 Å². The van der Waals surface area contributed by atoms with E-state index in [0.717, 1.165) is 11.3 Å². The zero-order valence-electron chi connectivity index (χ0n) is 11.3. The molecule has 0 fully saturated rings. The summed E-state index contributed by atoms with van der Waals surface area (Å²) in [5, 5.41) is 10.9. The van der Waals surface area contributed by atoms with Gasteiger partial charge in [-0.2, -0.15) is 0 Å². The molecule has 108 valence electrons. The highest BCUT2D eigenvalue weighted by atomic mass is 79.9. The van der Waals surface area contributed by atoms with Crippen LogP contribution in [0.15, 0.2) is 45.8 Å². The van der Waals surface area contributed by atoms with E-state index in [1.165, 1.54) is 35.3 Å². The molecule has 2 aromatic carbocycles. The van der Waals surface area contributed by atoms with Crippen LogP contribution < -0.4 is 0 Å². The van der Waals surface area contributed by atoms with E-state index in [1.54, 1.807) is 23.9 Å². The molecule has 0 spiro atoms. The molecule has 0 N–H and O–H groups in total. The predicted molar refractivity (Wildman–Crippen MR) is 88.8 cm³/mol. The second-order valence-corrected chi connectivity index (χ2v) is 7.02. The van der Waals surface area contributed by atoms with Crippen LogP contribution in [0.1, 0.15) is 23.1 Å². The molecule has 0 atom stereocenters. The van der Waals surface area contributed by atoms with Crippen molar-refractivity contribution in [3.8, 4) is 0 Å². The number of rotatable bonds is 4. The summed E-state index contributed by atoms with van der Waals surface area (Å²) >= 11 is 4.94. The van der Waals surface area contributed by atoms with Gasteiger partial charge in [-0.15, -0.1) is 11.8 Å². The van der Waals surface area contributed by atoms with Crippen molar-refractivity contribution in [2.24, 2.45) is 0 Å². The number of benzene rings is 2. The van der Waals surface area contributed by atoms with Gasteiger partial charge in [-0.05, 0) is 70.1 Å². The Bertz CT molecular complexity index is 703. The van der Waals surface area contributed by atoms with Gasteiger partial charge in [0.05, 0.1) is 9.40 Å². The van der Waals surface area contributed by atoms with Crippen molar-refractivity contribution in [3.63, 3.8) is 0 Å². The fourth-order valence-corrected chi connectivity index (χ4v) is 3.89. The highest BCUT2D eigenvalue weighted by molar-refractivity contribution is 9.10. The van der Waals surface area contributed by atoms with Gasteiger partial charge >= 0.3 is 0 Å². The lowest BCUT2D eigenvalue weighted by molar-refractivity contribution is -0.385. The molecule has 5 heteroatoms. The highest BCUT2D eigenvalue weighted by Crippen LogP contribution is 2.31. The molecular weight excluding hydrogens is 350 g/mol. The highest BCUT2D eigenvalue weighted by Gasteiger charge is 2.13. The number of hydrogen-bond acceptors (Lipinski definition) is 3. The number of halogens is 1. The first-order valence-corrected chi connectivity index (χ1v) is 8.59. The Morgan fingerprint density at radius 2 is 1.95 bits per heavy atom. The Morgan fingerprint density at radius 3 is 2.76 bits per heavy atom. The third kappa shape index (κ3) is 3.30. The molecule has 1 aliphatic rings. The van der Waals surface area contributed by atoms with Gasteiger partial charge in [0.15, 0.2) is 0 Å². The summed E-state index contributed by atoms with van der Waals surface area (Å²) in [5.41, 5.74) is 4.03. The van der Waals surface area contributed by atoms with Gasteiger partial charge in [0.1, 0.15) is 0 Å². The van der Waals surface area contributed by atoms with Crippen LogP contribution in [0.4, 0.5) is 5.69 Å². The average Bonchev–Trinajstić information content (AvgIpc) is 2.93. The van der Waals surface area contributed by atoms with E-state index in [4.69, 9.17) is 0 Å². The van der Waals surface area contributed by atoms with Gasteiger partial charge in [-0.1, -0.05) is 12.1 Å². The normalized spacial score (nSPS) is 13.2. The van der Waals surface area contributed by atoms with Crippen LogP contribution >= 0.6 is 27.7 Å². The summed E-state index contributed by atoms with van der Waals surface area (Å²) in [6.07, 6.45) is 3.62. The SMILES string of the molecule is O=[N+]([O-])c1cc(CSc2ccc3c(c2)CCC3)ccc1Br. The molecule has 1 aliphatic carbocycles. The van der Waals surface area contributed by atoms with E-state index in [9.17, 15) is 10.1 Å². The molecular formula is C16H14BrNO2S. The number of nitro benzene ring substituents is 1. The third-order valence-electron chi connectivity index (χ3n) is 3.68. The Hall–Kier alpha value is -1.33. The largest absolute Gasteiger partial charge is 0.283 e. The van der Waals surface area contributed by atoms with Crippen molar-refractivity contribution in [1.82, 2.24) is 0 Å². The fourth-order valence-electron chi connectivity index (χ4n) is 2.59. The topological polar surface area (TPSA) is 43.1 Å². The van der Waals surface area contributed by atoms with Crippen molar-refractivity contribution >= 4 is 33.4 Å². The standard InChI is InChI=1S/C16H14BrNO2S/c17-15-7-4-11(8-16(15)18(19)20)10-21-14-6-5-12-2-1-3-13(12)9-14/h4-9H,1-3,10H2. The second-order valence-electron chi connectivity index (χ2n) is 5.12. The van der Waals surface area contributed by atoms with Gasteiger partial charge in [0, 0.05) is 16.7 Å². The molecule has 21 heavy (non-hydrogen) atoms. The minimum atomic E-state index is -0.354. The minimum Gasteiger partial charge on any atom is -0.258 e. The zero-order chi connectivity index (χ0) is 14.8. The van der Waals surface area contributed by atoms with E-state index in [-0.39, 0.29) is 10.6 Å². The predicted octanol–water partition coefficient (Wildman–Crippen LogP) is 5.14. The summed E-state index contributed by atoms with van der Waals surface area (Å²) in [4.78, 5) is 11.8. The molecule has 0 aliphatic heterocycles. The Balaban J connectivity index is 1.73. The zero-order valence-corrected chi connectivity index (χ0v) is 13.7. The minimum absolute atomic E-state index is 0.127. The number of hydrogen-bond donors (Lipinski definition) is 0. The van der Waals surface area contributed by atoms with E-state index < -0.39 is 0 Å². The molecule has 0 saturated heterocycles. The molecule has 0 radical (unpaired) electrons. The molecule has 2 aromatic rings. The maximum Gasteiger partial charge on any atom is 0.283 e. The van der Waals surface area contributed by atoms with Crippen molar-refractivity contribution in [2.75, 3.05) is 0 Å². The average molecular weight is 364 g/mol. The third-order valence-corrected chi connectivity index (χ3v) is 5.42. The second kappa shape index (κ2) is 6.20. The van der Waals surface area contributed by atoms with Crippen LogP contribution in [0, 0.1) is 10.1 Å². The van der Waals surface area contributed by atoms with Gasteiger partial charge in [-0.25, -0.2) is 0 Å². The van der Waals surface area contributed by atoms with Crippen molar-refractivity contribution in [2.45, 2.75) is 29.9 Å². The molecule has 0 unspecified atom stereocenters. The summed E-state index contributed by atoms with van der Waals surface area (Å²) in [6.45, 7) is 0. The quantitative estimate of drug-likeness (QED) is 0.429. The Morgan fingerprint density at radius 1 is 1.14 bits per heavy atom. The summed E-state index contributed by atoms with van der Waals surface area (Å²) in [6, 6.07) is 12.0. The number of nitrogens with zero attached hydrogens (tertiary/aromatic N) is 1. The molecule has 0 aromatic heterocycles. The molecule has 3 nitrogen and oxygen atoms in total. The van der Waals surface area contributed by atoms with Gasteiger partial charge in [-0.3, -0.25) is 10.1 Å². The van der Waals surface area contributed by atoms with Crippen LogP contribution in [-0.4, -0.2) is 4.92 Å². The maximum atomic E-state index is 10.9. The lowest BCUT2D eigenvalue weighted by Crippen LogP contribution is -1.91. The van der Waals surface area contributed by atoms with E-state index in [0.29, 0.717) is 4.47 Å². The van der Waals surface area contributed by atoms with Gasteiger partial charge < -0.3 is 0 Å². The number of fused-ring (bicyclic) bond motifs is 1. The van der Waals surface area contributed by atoms with Gasteiger partial charge in [0.2, 0.25) is 0 Å². The van der Waals surface area contributed by atoms with Crippen molar-refractivity contribution in [1.29, 1.82) is 0 Å². The molecule has 0 bridgehead atoms. The summed E-state index contributed by atoms with van der Waals surface area (Å²) in [7, 11) is 0. The first-order chi connectivity index (χ1) is 10.1. The summed E-state index contributed by atoms with van der Waals surface area (Å²) < 4.78 is 0.527. The number of aryl methyl sites for hydroxylation is 2. The Kier molecular flexibility index (Phi) is 4.31. The lowest BCUT2D eigenvalue weighted by Gasteiger charge is -2.06. The van der Waals surface area contributed by atoms with E-state index in [1.807, 2.05) is 6.07 Å². The molecule has 0 amide bonds. The number of thioether (sulfide) groups is 1. The summed E-state index contributed by atoms with van der Waals surface area (Å²) in [5.74, 6) is 0.743. The maximum absolute atomic E-state index is 10.9. The Labute approximate surface area is 136 Å². The lowest BCUT2D eigenvalue weighted by atomic mass is 10.1. The van der Waals surface area contributed by atoms with Crippen LogP contribution in [0.2, 0.25) is 0 Å². The molecule has 3 rings (SSSR count). The monoisotopic (exact) mass is 363 g/mol. The van der Waals surface area contributed by atoms with Crippen molar-refractivity contribution in [3.05, 3.63) is 67.7 Å².